The third kappa shape index (κ3) is 5.33. The molecule has 1 unspecified atom stereocenters. The monoisotopic (exact) mass is 522 g/mol. The van der Waals surface area contributed by atoms with Crippen LogP contribution in [0.4, 0.5) is 13.2 Å². The lowest BCUT2D eigenvalue weighted by molar-refractivity contribution is -0.147. The molecule has 194 valence electrons. The molecule has 8 nitrogen and oxygen atoms in total. The minimum absolute atomic E-state index is 0.0448. The molecule has 3 aromatic heterocycles. The van der Waals surface area contributed by atoms with E-state index in [2.05, 4.69) is 38.5 Å². The molecule has 0 aromatic carbocycles. The number of hydrogen-bond acceptors (Lipinski definition) is 7. The van der Waals surface area contributed by atoms with Crippen LogP contribution in [-0.4, -0.2) is 43.3 Å². The molecule has 36 heavy (non-hydrogen) atoms. The van der Waals surface area contributed by atoms with E-state index < -0.39 is 12.0 Å². The number of carbonyl (C=O) groups excluding carboxylic acids is 1. The maximum Gasteiger partial charge on any atom is 0.451 e. The molecule has 0 saturated heterocycles. The fourth-order valence-corrected chi connectivity index (χ4v) is 6.22. The maximum atomic E-state index is 13.3. The Kier molecular flexibility index (Phi) is 7.14. The number of hydrogen-bond donors (Lipinski definition) is 1. The van der Waals surface area contributed by atoms with Crippen LogP contribution in [-0.2, 0) is 30.4 Å². The number of carbonyl (C=O) groups is 1. The zero-order valence-corrected chi connectivity index (χ0v) is 20.9. The van der Waals surface area contributed by atoms with Crippen LogP contribution in [0.3, 0.4) is 0 Å². The van der Waals surface area contributed by atoms with Crippen molar-refractivity contribution in [2.45, 2.75) is 89.4 Å². The van der Waals surface area contributed by atoms with Crippen molar-refractivity contribution in [2.75, 3.05) is 6.61 Å². The van der Waals surface area contributed by atoms with Crippen molar-refractivity contribution in [3.8, 4) is 6.01 Å². The summed E-state index contributed by atoms with van der Waals surface area (Å²) < 4.78 is 46.8. The van der Waals surface area contributed by atoms with Gasteiger partial charge in [0.15, 0.2) is 0 Å². The molecule has 4 heterocycles. The van der Waals surface area contributed by atoms with Gasteiger partial charge in [0, 0.05) is 35.2 Å². The quantitative estimate of drug-likeness (QED) is 0.456. The average molecular weight is 523 g/mol. The standard InChI is InChI=1S/C24H29F3N6O2S/c1-2-5-16-13-17-20(14-8-10-33-18(12-14)31-32-22(33)24(25,26)27)29-23(30-21(17)36-16)35-11-9-19(34)28-15-6-3-4-7-15/h13-15H,2-12H2,1H3,(H,28,34). The predicted octanol–water partition coefficient (Wildman–Crippen LogP) is 4.81. The Morgan fingerprint density at radius 3 is 2.78 bits per heavy atom. The van der Waals surface area contributed by atoms with E-state index in [-0.39, 0.29) is 43.4 Å². The second-order valence-electron chi connectivity index (χ2n) is 9.50. The second-order valence-corrected chi connectivity index (χ2v) is 10.6. The first-order valence-corrected chi connectivity index (χ1v) is 13.3. The summed E-state index contributed by atoms with van der Waals surface area (Å²) in [6.45, 7) is 2.43. The van der Waals surface area contributed by atoms with Gasteiger partial charge in [0.1, 0.15) is 17.3 Å². The number of rotatable bonds is 8. The lowest BCUT2D eigenvalue weighted by atomic mass is 9.92. The van der Waals surface area contributed by atoms with Crippen molar-refractivity contribution in [2.24, 2.45) is 0 Å². The van der Waals surface area contributed by atoms with Crippen molar-refractivity contribution in [1.29, 1.82) is 0 Å². The fourth-order valence-electron chi connectivity index (χ4n) is 5.10. The van der Waals surface area contributed by atoms with Crippen LogP contribution in [0.15, 0.2) is 6.07 Å². The molecule has 3 aromatic rings. The first-order valence-electron chi connectivity index (χ1n) is 12.5. The van der Waals surface area contributed by atoms with Gasteiger partial charge in [0.05, 0.1) is 12.1 Å². The van der Waals surface area contributed by atoms with Crippen LogP contribution in [0.25, 0.3) is 10.2 Å². The van der Waals surface area contributed by atoms with Crippen LogP contribution < -0.4 is 10.1 Å². The van der Waals surface area contributed by atoms with E-state index in [0.29, 0.717) is 18.7 Å². The van der Waals surface area contributed by atoms with Gasteiger partial charge < -0.3 is 14.6 Å². The topological polar surface area (TPSA) is 94.8 Å². The van der Waals surface area contributed by atoms with Crippen molar-refractivity contribution < 1.29 is 22.7 Å². The van der Waals surface area contributed by atoms with E-state index in [1.54, 1.807) is 11.3 Å². The highest BCUT2D eigenvalue weighted by molar-refractivity contribution is 7.18. The van der Waals surface area contributed by atoms with Crippen LogP contribution in [0, 0.1) is 0 Å². The van der Waals surface area contributed by atoms with Crippen molar-refractivity contribution >= 4 is 27.5 Å². The Morgan fingerprint density at radius 1 is 1.22 bits per heavy atom. The molecule has 1 fully saturated rings. The second kappa shape index (κ2) is 10.3. The largest absolute Gasteiger partial charge is 0.463 e. The first-order chi connectivity index (χ1) is 17.3. The zero-order chi connectivity index (χ0) is 25.3. The number of nitrogens with zero attached hydrogens (tertiary/aromatic N) is 5. The number of aromatic nitrogens is 5. The molecule has 2 aliphatic rings. The van der Waals surface area contributed by atoms with Crippen LogP contribution in [0.5, 0.6) is 6.01 Å². The predicted molar refractivity (Wildman–Crippen MR) is 128 cm³/mol. The lowest BCUT2D eigenvalue weighted by Gasteiger charge is -2.24. The number of aryl methyl sites for hydroxylation is 1. The summed E-state index contributed by atoms with van der Waals surface area (Å²) in [5, 5.41) is 11.2. The molecule has 0 bridgehead atoms. The van der Waals surface area contributed by atoms with Crippen molar-refractivity contribution in [3.05, 3.63) is 28.3 Å². The fraction of sp³-hybridized carbons (Fsp3) is 0.625. The molecule has 1 amide bonds. The molecule has 0 spiro atoms. The number of thiophene rings is 1. The molecular weight excluding hydrogens is 493 g/mol. The number of halogens is 3. The number of ether oxygens (including phenoxy) is 1. The summed E-state index contributed by atoms with van der Waals surface area (Å²) in [7, 11) is 0. The van der Waals surface area contributed by atoms with E-state index in [1.165, 1.54) is 4.88 Å². The SMILES string of the molecule is CCCc1cc2c(C3CCn4c(nnc4C(F)(F)F)C3)nc(OCCC(=O)NC3CCCC3)nc2s1. The minimum atomic E-state index is -4.53. The van der Waals surface area contributed by atoms with Gasteiger partial charge in [-0.1, -0.05) is 26.2 Å². The molecule has 1 aliphatic heterocycles. The van der Waals surface area contributed by atoms with E-state index in [4.69, 9.17) is 4.74 Å². The molecule has 1 aliphatic carbocycles. The van der Waals surface area contributed by atoms with E-state index >= 15 is 0 Å². The van der Waals surface area contributed by atoms with Gasteiger partial charge in [-0.15, -0.1) is 21.5 Å². The highest BCUT2D eigenvalue weighted by atomic mass is 32.1. The normalized spacial score (nSPS) is 18.5. The third-order valence-corrected chi connectivity index (χ3v) is 7.92. The van der Waals surface area contributed by atoms with Crippen molar-refractivity contribution in [3.63, 3.8) is 0 Å². The van der Waals surface area contributed by atoms with Gasteiger partial charge in [-0.3, -0.25) is 4.79 Å². The molecule has 1 atom stereocenters. The Hall–Kier alpha value is -2.76. The first kappa shape index (κ1) is 24.9. The highest BCUT2D eigenvalue weighted by Gasteiger charge is 2.40. The summed E-state index contributed by atoms with van der Waals surface area (Å²) in [5.41, 5.74) is 0.756. The van der Waals surface area contributed by atoms with Gasteiger partial charge in [-0.05, 0) is 31.7 Å². The molecule has 5 rings (SSSR count). The molecular formula is C24H29F3N6O2S. The summed E-state index contributed by atoms with van der Waals surface area (Å²) in [4.78, 5) is 23.5. The van der Waals surface area contributed by atoms with E-state index in [0.717, 1.165) is 59.0 Å². The summed E-state index contributed by atoms with van der Waals surface area (Å²) in [6.07, 6.45) is 2.69. The molecule has 12 heteroatoms. The third-order valence-electron chi connectivity index (χ3n) is 6.83. The van der Waals surface area contributed by atoms with E-state index in [1.807, 2.05) is 0 Å². The van der Waals surface area contributed by atoms with Crippen LogP contribution in [0.1, 0.15) is 80.0 Å². The summed E-state index contributed by atoms with van der Waals surface area (Å²) in [6, 6.07) is 2.53. The molecule has 1 N–H and O–H groups in total. The smallest absolute Gasteiger partial charge is 0.451 e. The highest BCUT2D eigenvalue weighted by Crippen LogP contribution is 2.38. The molecule has 1 saturated carbocycles. The number of fused-ring (bicyclic) bond motifs is 2. The summed E-state index contributed by atoms with van der Waals surface area (Å²) >= 11 is 1.58. The average Bonchev–Trinajstić information content (AvgIpc) is 3.57. The summed E-state index contributed by atoms with van der Waals surface area (Å²) in [5.74, 6) is -0.827. The minimum Gasteiger partial charge on any atom is -0.463 e. The molecule has 0 radical (unpaired) electrons. The van der Waals surface area contributed by atoms with E-state index in [9.17, 15) is 18.0 Å². The van der Waals surface area contributed by atoms with Crippen molar-refractivity contribution in [1.82, 2.24) is 30.0 Å². The van der Waals surface area contributed by atoms with Crippen LogP contribution in [0.2, 0.25) is 0 Å². The number of alkyl halides is 3. The van der Waals surface area contributed by atoms with Gasteiger partial charge >= 0.3 is 12.2 Å². The van der Waals surface area contributed by atoms with Gasteiger partial charge in [-0.2, -0.15) is 23.1 Å². The lowest BCUT2D eigenvalue weighted by Crippen LogP contribution is -2.33. The Labute approximate surface area is 210 Å². The maximum absolute atomic E-state index is 13.3. The Balaban J connectivity index is 1.35. The van der Waals surface area contributed by atoms with Gasteiger partial charge in [0.2, 0.25) is 11.7 Å². The Bertz CT molecular complexity index is 1230. The Morgan fingerprint density at radius 2 is 2.03 bits per heavy atom. The number of nitrogens with one attached hydrogen (secondary N) is 1. The van der Waals surface area contributed by atoms with Crippen LogP contribution >= 0.6 is 11.3 Å². The zero-order valence-electron chi connectivity index (χ0n) is 20.1. The van der Waals surface area contributed by atoms with Gasteiger partial charge in [0.25, 0.3) is 0 Å². The number of amides is 1. The van der Waals surface area contributed by atoms with Gasteiger partial charge in [-0.25, -0.2) is 0 Å².